The van der Waals surface area contributed by atoms with Crippen LogP contribution in [0.15, 0.2) is 35.4 Å². The number of likely N-dealkylation sites (tertiary alicyclic amines) is 1. The smallest absolute Gasteiger partial charge is 0.325 e. The van der Waals surface area contributed by atoms with E-state index in [1.54, 1.807) is 0 Å². The number of benzene rings is 1. The Labute approximate surface area is 145 Å². The van der Waals surface area contributed by atoms with Crippen LogP contribution >= 0.6 is 0 Å². The van der Waals surface area contributed by atoms with Crippen molar-refractivity contribution in [2.75, 3.05) is 27.0 Å². The van der Waals surface area contributed by atoms with Crippen LogP contribution < -0.4 is 0 Å². The first-order valence-electron chi connectivity index (χ1n) is 7.77. The van der Waals surface area contributed by atoms with E-state index in [9.17, 15) is 9.59 Å². The number of carbonyl (C=O) groups is 2. The number of nitrogens with zero attached hydrogens (tertiary/aromatic N) is 4. The second kappa shape index (κ2) is 9.63. The van der Waals surface area contributed by atoms with Gasteiger partial charge in [-0.05, 0) is 11.1 Å². The number of methoxy groups -OCH3 is 1. The average Bonchev–Trinajstić information content (AvgIpc) is 2.93. The fourth-order valence-corrected chi connectivity index (χ4v) is 2.56. The van der Waals surface area contributed by atoms with Gasteiger partial charge >= 0.3 is 5.97 Å². The summed E-state index contributed by atoms with van der Waals surface area (Å²) >= 11 is 0. The third-order valence-electron chi connectivity index (χ3n) is 3.83. The van der Waals surface area contributed by atoms with Crippen molar-refractivity contribution in [1.82, 2.24) is 4.90 Å². The molecule has 0 bridgehead atoms. The maximum Gasteiger partial charge on any atom is 0.325 e. The first kappa shape index (κ1) is 18.7. The minimum absolute atomic E-state index is 0.0500. The molecule has 1 heterocycles. The van der Waals surface area contributed by atoms with Gasteiger partial charge in [0.05, 0.1) is 13.7 Å². The molecule has 0 aromatic heterocycles. The van der Waals surface area contributed by atoms with E-state index in [2.05, 4.69) is 14.8 Å². The molecule has 1 aliphatic heterocycles. The Kier molecular flexibility index (Phi) is 7.21. The summed E-state index contributed by atoms with van der Waals surface area (Å²) in [6, 6.07) is 9.18. The van der Waals surface area contributed by atoms with E-state index in [4.69, 9.17) is 15.0 Å². The van der Waals surface area contributed by atoms with Crippen molar-refractivity contribution in [3.05, 3.63) is 46.3 Å². The molecule has 0 unspecified atom stereocenters. The molecule has 9 nitrogen and oxygen atoms in total. The topological polar surface area (TPSA) is 114 Å². The molecule has 1 fully saturated rings. The molecular formula is C16H20N4O5. The predicted octanol–water partition coefficient (Wildman–Crippen LogP) is 1.63. The van der Waals surface area contributed by atoms with Gasteiger partial charge in [-0.3, -0.25) is 9.59 Å². The molecule has 134 valence electrons. The normalized spacial score (nSPS) is 19.6. The standard InChI is InChI=1S/C16H20N4O5/c1-23-15(21)9-20-13(8-18-19-17)7-14(16(20)22)25-11-24-10-12-5-3-2-4-6-12/h2-6,13-14H,7-11H2,1H3/t13-,14+/m1/s1. The van der Waals surface area contributed by atoms with Crippen molar-refractivity contribution in [2.24, 2.45) is 5.11 Å². The molecule has 2 rings (SSSR count). The van der Waals surface area contributed by atoms with Gasteiger partial charge in [-0.1, -0.05) is 35.4 Å². The van der Waals surface area contributed by atoms with Gasteiger partial charge in [0, 0.05) is 23.9 Å². The lowest BCUT2D eigenvalue weighted by Crippen LogP contribution is -2.40. The summed E-state index contributed by atoms with van der Waals surface area (Å²) in [6.45, 7) is 0.191. The fraction of sp³-hybridized carbons (Fsp3) is 0.500. The van der Waals surface area contributed by atoms with Crippen LogP contribution in [0, 0.1) is 0 Å². The molecule has 1 amide bonds. The highest BCUT2D eigenvalue weighted by Gasteiger charge is 2.40. The van der Waals surface area contributed by atoms with Crippen LogP contribution in [0.3, 0.4) is 0 Å². The molecular weight excluding hydrogens is 328 g/mol. The van der Waals surface area contributed by atoms with Gasteiger partial charge in [-0.25, -0.2) is 0 Å². The van der Waals surface area contributed by atoms with E-state index < -0.39 is 18.1 Å². The molecule has 1 aromatic carbocycles. The van der Waals surface area contributed by atoms with E-state index in [-0.39, 0.29) is 25.8 Å². The van der Waals surface area contributed by atoms with Gasteiger partial charge in [-0.2, -0.15) is 0 Å². The summed E-state index contributed by atoms with van der Waals surface area (Å²) in [4.78, 5) is 27.9. The van der Waals surface area contributed by atoms with Gasteiger partial charge in [-0.15, -0.1) is 0 Å². The maximum absolute atomic E-state index is 12.4. The number of carbonyl (C=O) groups excluding carboxylic acids is 2. The highest BCUT2D eigenvalue weighted by molar-refractivity contribution is 5.87. The fourth-order valence-electron chi connectivity index (χ4n) is 2.56. The zero-order valence-electron chi connectivity index (χ0n) is 13.9. The quantitative estimate of drug-likeness (QED) is 0.168. The average molecular weight is 348 g/mol. The molecule has 1 saturated heterocycles. The second-order valence-electron chi connectivity index (χ2n) is 5.45. The highest BCUT2D eigenvalue weighted by Crippen LogP contribution is 2.22. The number of amides is 1. The summed E-state index contributed by atoms with van der Waals surface area (Å²) in [5, 5.41) is 3.49. The van der Waals surface area contributed by atoms with Crippen LogP contribution in [-0.4, -0.2) is 55.9 Å². The lowest BCUT2D eigenvalue weighted by Gasteiger charge is -2.21. The number of esters is 1. The first-order chi connectivity index (χ1) is 12.2. The van der Waals surface area contributed by atoms with E-state index >= 15 is 0 Å². The molecule has 9 heteroatoms. The van der Waals surface area contributed by atoms with Crippen molar-refractivity contribution < 1.29 is 23.8 Å². The van der Waals surface area contributed by atoms with E-state index in [0.717, 1.165) is 5.56 Å². The Morgan fingerprint density at radius 3 is 2.84 bits per heavy atom. The Morgan fingerprint density at radius 2 is 2.16 bits per heavy atom. The zero-order chi connectivity index (χ0) is 18.1. The van der Waals surface area contributed by atoms with Crippen molar-refractivity contribution >= 4 is 11.9 Å². The van der Waals surface area contributed by atoms with Gasteiger partial charge in [0.15, 0.2) is 0 Å². The second-order valence-corrected chi connectivity index (χ2v) is 5.45. The Balaban J connectivity index is 1.86. The largest absolute Gasteiger partial charge is 0.468 e. The number of hydrogen-bond acceptors (Lipinski definition) is 6. The summed E-state index contributed by atoms with van der Waals surface area (Å²) in [7, 11) is 1.25. The van der Waals surface area contributed by atoms with Crippen molar-refractivity contribution in [2.45, 2.75) is 25.2 Å². The maximum atomic E-state index is 12.4. The van der Waals surface area contributed by atoms with Gasteiger partial charge in [0.2, 0.25) is 0 Å². The number of azide groups is 1. The van der Waals surface area contributed by atoms with Gasteiger partial charge in [0.1, 0.15) is 19.4 Å². The molecule has 0 aliphatic carbocycles. The molecule has 1 aliphatic rings. The minimum Gasteiger partial charge on any atom is -0.468 e. The summed E-state index contributed by atoms with van der Waals surface area (Å²) < 4.78 is 15.5. The highest BCUT2D eigenvalue weighted by atomic mass is 16.7. The van der Waals surface area contributed by atoms with Crippen LogP contribution in [0.5, 0.6) is 0 Å². The summed E-state index contributed by atoms with van der Waals surface area (Å²) in [5.41, 5.74) is 9.46. The molecule has 0 spiro atoms. The van der Waals surface area contributed by atoms with Crippen LogP contribution in [-0.2, 0) is 30.4 Å². The van der Waals surface area contributed by atoms with Gasteiger partial charge < -0.3 is 19.1 Å². The first-order valence-corrected chi connectivity index (χ1v) is 7.77. The lowest BCUT2D eigenvalue weighted by molar-refractivity contribution is -0.153. The molecule has 0 saturated carbocycles. The predicted molar refractivity (Wildman–Crippen MR) is 87.1 cm³/mol. The Bertz CT molecular complexity index is 633. The van der Waals surface area contributed by atoms with Crippen LogP contribution in [0.4, 0.5) is 0 Å². The lowest BCUT2D eigenvalue weighted by atomic mass is 10.2. The van der Waals surface area contributed by atoms with Crippen molar-refractivity contribution in [3.63, 3.8) is 0 Å². The third-order valence-corrected chi connectivity index (χ3v) is 3.83. The molecule has 25 heavy (non-hydrogen) atoms. The van der Waals surface area contributed by atoms with Crippen LogP contribution in [0.2, 0.25) is 0 Å². The van der Waals surface area contributed by atoms with Crippen LogP contribution in [0.25, 0.3) is 10.4 Å². The van der Waals surface area contributed by atoms with E-state index in [0.29, 0.717) is 13.0 Å². The van der Waals surface area contributed by atoms with E-state index in [1.165, 1.54) is 12.0 Å². The Hall–Kier alpha value is -2.61. The SMILES string of the molecule is COC(=O)CN1C(=O)[C@@H](OCOCc2ccccc2)C[C@@H]1CN=[N+]=[N-]. The molecule has 0 N–H and O–H groups in total. The molecule has 2 atom stereocenters. The van der Waals surface area contributed by atoms with Crippen molar-refractivity contribution in [3.8, 4) is 0 Å². The number of ether oxygens (including phenoxy) is 3. The number of rotatable bonds is 9. The van der Waals surface area contributed by atoms with E-state index in [1.807, 2.05) is 30.3 Å². The summed E-state index contributed by atoms with van der Waals surface area (Å²) in [5.74, 6) is -0.882. The van der Waals surface area contributed by atoms with Crippen molar-refractivity contribution in [1.29, 1.82) is 0 Å². The Morgan fingerprint density at radius 1 is 1.40 bits per heavy atom. The van der Waals surface area contributed by atoms with Gasteiger partial charge in [0.25, 0.3) is 5.91 Å². The van der Waals surface area contributed by atoms with Crippen LogP contribution in [0.1, 0.15) is 12.0 Å². The third kappa shape index (κ3) is 5.46. The zero-order valence-corrected chi connectivity index (χ0v) is 13.9. The number of hydrogen-bond donors (Lipinski definition) is 0. The molecule has 1 aromatic rings. The summed E-state index contributed by atoms with van der Waals surface area (Å²) in [6.07, 6.45) is -0.414. The monoisotopic (exact) mass is 348 g/mol. The minimum atomic E-state index is -0.737. The molecule has 0 radical (unpaired) electrons.